The molecule has 0 aliphatic rings. The third kappa shape index (κ3) is 39.6. The molecule has 6 heteroatoms. The van der Waals surface area contributed by atoms with Crippen LogP contribution in [0.4, 0.5) is 0 Å². The highest BCUT2D eigenvalue weighted by molar-refractivity contribution is 5.71. The molecule has 0 aromatic carbocycles. The van der Waals surface area contributed by atoms with E-state index in [1.54, 1.807) is 0 Å². The minimum absolute atomic E-state index is 0.112. The molecule has 0 N–H and O–H groups in total. The summed E-state index contributed by atoms with van der Waals surface area (Å²) in [6, 6.07) is 0. The summed E-state index contributed by atoms with van der Waals surface area (Å²) in [5, 5.41) is 0. The molecule has 0 spiro atoms. The van der Waals surface area contributed by atoms with Gasteiger partial charge in [0.1, 0.15) is 13.2 Å². The van der Waals surface area contributed by atoms with Crippen molar-refractivity contribution in [2.24, 2.45) is 0 Å². The smallest absolute Gasteiger partial charge is 0.306 e. The molecule has 0 rings (SSSR count). The second-order valence-electron chi connectivity index (χ2n) is 13.5. The zero-order valence-corrected chi connectivity index (χ0v) is 34.0. The molecule has 0 amide bonds. The van der Waals surface area contributed by atoms with Crippen LogP contribution in [-0.4, -0.2) is 37.2 Å². The monoisotopic (exact) mass is 737 g/mol. The van der Waals surface area contributed by atoms with Gasteiger partial charge in [0.15, 0.2) is 6.10 Å². The Labute approximate surface area is 325 Å². The van der Waals surface area contributed by atoms with Crippen molar-refractivity contribution < 1.29 is 28.6 Å². The lowest BCUT2D eigenvalue weighted by atomic mass is 10.1. The zero-order valence-electron chi connectivity index (χ0n) is 34.0. The van der Waals surface area contributed by atoms with Gasteiger partial charge in [-0.1, -0.05) is 144 Å². The Balaban J connectivity index is 4.51. The van der Waals surface area contributed by atoms with E-state index in [0.717, 1.165) is 116 Å². The normalized spacial score (nSPS) is 12.9. The number of rotatable bonds is 36. The Morgan fingerprint density at radius 2 is 0.755 bits per heavy atom. The summed E-state index contributed by atoms with van der Waals surface area (Å²) in [7, 11) is 0. The average Bonchev–Trinajstić information content (AvgIpc) is 3.15. The first kappa shape index (κ1) is 49.6. The number of hydrogen-bond donors (Lipinski definition) is 0. The van der Waals surface area contributed by atoms with Crippen LogP contribution in [-0.2, 0) is 28.6 Å². The fourth-order valence-corrected chi connectivity index (χ4v) is 5.22. The molecule has 0 aromatic heterocycles. The first-order valence-corrected chi connectivity index (χ1v) is 21.1. The first-order valence-electron chi connectivity index (χ1n) is 21.1. The molecule has 0 radical (unpaired) electrons. The van der Waals surface area contributed by atoms with Gasteiger partial charge in [0.05, 0.1) is 0 Å². The van der Waals surface area contributed by atoms with Gasteiger partial charge in [-0.3, -0.25) is 14.4 Å². The van der Waals surface area contributed by atoms with Gasteiger partial charge in [-0.25, -0.2) is 0 Å². The summed E-state index contributed by atoms with van der Waals surface area (Å²) < 4.78 is 16.6. The number of hydrogen-bond acceptors (Lipinski definition) is 6. The number of carbonyl (C=O) groups excluding carboxylic acids is 3. The molecule has 0 fully saturated rings. The number of esters is 3. The lowest BCUT2D eigenvalue weighted by molar-refractivity contribution is -0.167. The molecule has 300 valence electrons. The van der Waals surface area contributed by atoms with Gasteiger partial charge < -0.3 is 14.2 Å². The minimum atomic E-state index is -0.813. The average molecular weight is 737 g/mol. The fourth-order valence-electron chi connectivity index (χ4n) is 5.22. The molecule has 1 unspecified atom stereocenters. The van der Waals surface area contributed by atoms with E-state index in [4.69, 9.17) is 14.2 Å². The molecular formula is C47H76O6. The molecule has 1 atom stereocenters. The van der Waals surface area contributed by atoms with E-state index >= 15 is 0 Å². The van der Waals surface area contributed by atoms with E-state index < -0.39 is 6.10 Å². The van der Waals surface area contributed by atoms with Crippen molar-refractivity contribution >= 4 is 17.9 Å². The predicted octanol–water partition coefficient (Wildman–Crippen LogP) is 13.3. The van der Waals surface area contributed by atoms with Crippen molar-refractivity contribution in [1.82, 2.24) is 0 Å². The van der Waals surface area contributed by atoms with Gasteiger partial charge >= 0.3 is 17.9 Å². The summed E-state index contributed by atoms with van der Waals surface area (Å²) in [6.07, 6.45) is 51.5. The summed E-state index contributed by atoms with van der Waals surface area (Å²) in [4.78, 5) is 37.6. The third-order valence-corrected chi connectivity index (χ3v) is 8.36. The highest BCUT2D eigenvalue weighted by Crippen LogP contribution is 2.11. The number of ether oxygens (including phenoxy) is 3. The van der Waals surface area contributed by atoms with Gasteiger partial charge in [0.2, 0.25) is 0 Å². The molecule has 0 saturated carbocycles. The standard InChI is InChI=1S/C47H76O6/c1-4-7-10-13-16-19-22-23-24-26-28-31-34-37-40-46(49)52-43-44(42-51-45(48)39-36-33-30-27-21-18-15-12-9-6-3)53-47(50)41-38-35-32-29-25-20-17-14-11-8-5-2/h7-8,10-11,15-20,23-24,29,32,44H,4-6,9,12-14,21-22,25-28,30-31,33-43H2,1-3H3/b10-7-,11-8-,18-15-,19-16-,20-17-,24-23-,32-29-. The Bertz CT molecular complexity index is 1080. The van der Waals surface area contributed by atoms with E-state index in [-0.39, 0.29) is 37.5 Å². The maximum Gasteiger partial charge on any atom is 0.306 e. The fraction of sp³-hybridized carbons (Fsp3) is 0.638. The molecule has 6 nitrogen and oxygen atoms in total. The molecule has 0 aliphatic heterocycles. The van der Waals surface area contributed by atoms with Crippen LogP contribution in [0.1, 0.15) is 175 Å². The number of carbonyl (C=O) groups is 3. The van der Waals surface area contributed by atoms with Crippen LogP contribution < -0.4 is 0 Å². The highest BCUT2D eigenvalue weighted by Gasteiger charge is 2.19. The van der Waals surface area contributed by atoms with E-state index in [0.29, 0.717) is 19.3 Å². The lowest BCUT2D eigenvalue weighted by Gasteiger charge is -2.18. The van der Waals surface area contributed by atoms with Crippen molar-refractivity contribution in [3.8, 4) is 0 Å². The van der Waals surface area contributed by atoms with Crippen molar-refractivity contribution in [3.05, 3.63) is 85.1 Å². The van der Waals surface area contributed by atoms with Crippen LogP contribution in [0.3, 0.4) is 0 Å². The van der Waals surface area contributed by atoms with Crippen LogP contribution in [0.15, 0.2) is 85.1 Å². The minimum Gasteiger partial charge on any atom is -0.462 e. The zero-order chi connectivity index (χ0) is 38.7. The second kappa shape index (κ2) is 41.3. The Kier molecular flexibility index (Phi) is 38.7. The summed E-state index contributed by atoms with van der Waals surface area (Å²) in [6.45, 7) is 6.25. The van der Waals surface area contributed by atoms with E-state index in [9.17, 15) is 14.4 Å². The SMILES string of the molecule is CC/C=C\C/C=C\C/C=C\CCCCCCC(=O)OCC(COC(=O)CCCCCC/C=C\CCCC)OC(=O)CCC/C=C\C/C=C\C/C=C\CC. The predicted molar refractivity (Wildman–Crippen MR) is 224 cm³/mol. The number of unbranched alkanes of at least 4 members (excludes halogenated alkanes) is 11. The van der Waals surface area contributed by atoms with Crippen molar-refractivity contribution in [1.29, 1.82) is 0 Å². The maximum atomic E-state index is 12.6. The van der Waals surface area contributed by atoms with Gasteiger partial charge in [0, 0.05) is 19.3 Å². The Hall–Kier alpha value is -3.41. The third-order valence-electron chi connectivity index (χ3n) is 8.36. The second-order valence-corrected chi connectivity index (χ2v) is 13.5. The summed E-state index contributed by atoms with van der Waals surface area (Å²) in [5.74, 6) is -1.02. The summed E-state index contributed by atoms with van der Waals surface area (Å²) in [5.41, 5.74) is 0. The topological polar surface area (TPSA) is 78.9 Å². The van der Waals surface area contributed by atoms with E-state index in [1.165, 1.54) is 12.8 Å². The lowest BCUT2D eigenvalue weighted by Crippen LogP contribution is -2.30. The van der Waals surface area contributed by atoms with Crippen LogP contribution in [0.2, 0.25) is 0 Å². The van der Waals surface area contributed by atoms with E-state index in [1.807, 2.05) is 0 Å². The van der Waals surface area contributed by atoms with Gasteiger partial charge in [-0.05, 0) is 96.3 Å². The summed E-state index contributed by atoms with van der Waals surface area (Å²) >= 11 is 0. The highest BCUT2D eigenvalue weighted by atomic mass is 16.6. The molecule has 0 saturated heterocycles. The molecule has 0 heterocycles. The first-order chi connectivity index (χ1) is 26.0. The van der Waals surface area contributed by atoms with Gasteiger partial charge in [-0.2, -0.15) is 0 Å². The van der Waals surface area contributed by atoms with Crippen LogP contribution in [0.25, 0.3) is 0 Å². The van der Waals surface area contributed by atoms with Crippen molar-refractivity contribution in [3.63, 3.8) is 0 Å². The van der Waals surface area contributed by atoms with Gasteiger partial charge in [-0.15, -0.1) is 0 Å². The van der Waals surface area contributed by atoms with Crippen molar-refractivity contribution in [2.75, 3.05) is 13.2 Å². The largest absolute Gasteiger partial charge is 0.462 e. The van der Waals surface area contributed by atoms with Crippen LogP contribution in [0, 0.1) is 0 Å². The number of allylic oxidation sites excluding steroid dienone is 14. The van der Waals surface area contributed by atoms with E-state index in [2.05, 4.69) is 106 Å². The maximum absolute atomic E-state index is 12.6. The molecular weight excluding hydrogens is 661 g/mol. The molecule has 53 heavy (non-hydrogen) atoms. The Morgan fingerprint density at radius 1 is 0.396 bits per heavy atom. The van der Waals surface area contributed by atoms with Gasteiger partial charge in [0.25, 0.3) is 0 Å². The molecule has 0 bridgehead atoms. The quantitative estimate of drug-likeness (QED) is 0.0276. The van der Waals surface area contributed by atoms with Crippen molar-refractivity contribution in [2.45, 2.75) is 181 Å². The molecule has 0 aliphatic carbocycles. The van der Waals surface area contributed by atoms with Crippen LogP contribution in [0.5, 0.6) is 0 Å². The molecule has 0 aromatic rings. The Morgan fingerprint density at radius 3 is 1.21 bits per heavy atom. The van der Waals surface area contributed by atoms with Crippen LogP contribution >= 0.6 is 0 Å².